The number of aliphatic hydroxyl groups is 1. The van der Waals surface area contributed by atoms with Crippen LogP contribution in [0.25, 0.3) is 0 Å². The molecular formula is C14H19N3O4. The van der Waals surface area contributed by atoms with E-state index in [0.717, 1.165) is 19.3 Å². The Bertz CT molecular complexity index is 517. The standard InChI is InChI=1S/C14H19N3O4/c18-9-3-8-17(10-4-1-5-10)14(21)16-11-6-2-7-15-12(11)13(19)20/h2,6-7,10,18H,1,3-5,8-9H2,(H,16,21)(H,19,20). The molecule has 7 nitrogen and oxygen atoms in total. The second kappa shape index (κ2) is 7.03. The molecule has 1 aromatic heterocycles. The zero-order chi connectivity index (χ0) is 15.2. The number of carboxylic acids is 1. The van der Waals surface area contributed by atoms with Gasteiger partial charge in [0.15, 0.2) is 5.69 Å². The molecule has 1 heterocycles. The van der Waals surface area contributed by atoms with Crippen molar-refractivity contribution in [1.82, 2.24) is 9.88 Å². The summed E-state index contributed by atoms with van der Waals surface area (Å²) < 4.78 is 0. The maximum Gasteiger partial charge on any atom is 0.356 e. The van der Waals surface area contributed by atoms with E-state index in [9.17, 15) is 9.59 Å². The summed E-state index contributed by atoms with van der Waals surface area (Å²) in [4.78, 5) is 28.8. The van der Waals surface area contributed by atoms with Crippen LogP contribution in [0.3, 0.4) is 0 Å². The maximum absolute atomic E-state index is 12.3. The molecule has 1 aromatic rings. The number of carbonyl (C=O) groups is 2. The van der Waals surface area contributed by atoms with Crippen LogP contribution in [0.5, 0.6) is 0 Å². The Kier molecular flexibility index (Phi) is 5.10. The molecule has 0 aliphatic heterocycles. The molecule has 0 unspecified atom stereocenters. The van der Waals surface area contributed by atoms with Gasteiger partial charge < -0.3 is 20.4 Å². The number of rotatable bonds is 6. The van der Waals surface area contributed by atoms with Crippen LogP contribution in [0, 0.1) is 0 Å². The number of aromatic carboxylic acids is 1. The average molecular weight is 293 g/mol. The molecule has 1 aliphatic rings. The zero-order valence-electron chi connectivity index (χ0n) is 11.7. The Hall–Kier alpha value is -2.15. The summed E-state index contributed by atoms with van der Waals surface area (Å²) in [5.74, 6) is -1.18. The summed E-state index contributed by atoms with van der Waals surface area (Å²) in [5.41, 5.74) is 0.00453. The molecule has 1 fully saturated rings. The number of urea groups is 1. The van der Waals surface area contributed by atoms with E-state index in [4.69, 9.17) is 10.2 Å². The van der Waals surface area contributed by atoms with Gasteiger partial charge in [0.2, 0.25) is 0 Å². The van der Waals surface area contributed by atoms with Crippen LogP contribution >= 0.6 is 0 Å². The lowest BCUT2D eigenvalue weighted by molar-refractivity contribution is 0.0691. The summed E-state index contributed by atoms with van der Waals surface area (Å²) >= 11 is 0. The van der Waals surface area contributed by atoms with Gasteiger partial charge in [-0.1, -0.05) is 0 Å². The number of nitrogens with zero attached hydrogens (tertiary/aromatic N) is 2. The van der Waals surface area contributed by atoms with Crippen molar-refractivity contribution in [3.05, 3.63) is 24.0 Å². The highest BCUT2D eigenvalue weighted by atomic mass is 16.4. The Labute approximate surface area is 122 Å². The van der Waals surface area contributed by atoms with Crippen LogP contribution in [0.2, 0.25) is 0 Å². The quantitative estimate of drug-likeness (QED) is 0.738. The Balaban J connectivity index is 2.09. The largest absolute Gasteiger partial charge is 0.476 e. The molecular weight excluding hydrogens is 274 g/mol. The van der Waals surface area contributed by atoms with Crippen molar-refractivity contribution < 1.29 is 19.8 Å². The normalized spacial score (nSPS) is 14.3. The van der Waals surface area contributed by atoms with Crippen molar-refractivity contribution in [2.75, 3.05) is 18.5 Å². The SMILES string of the molecule is O=C(O)c1ncccc1NC(=O)N(CCCO)C1CCC1. The smallest absolute Gasteiger partial charge is 0.356 e. The highest BCUT2D eigenvalue weighted by Crippen LogP contribution is 2.26. The van der Waals surface area contributed by atoms with E-state index >= 15 is 0 Å². The van der Waals surface area contributed by atoms with E-state index in [1.54, 1.807) is 11.0 Å². The van der Waals surface area contributed by atoms with Crippen molar-refractivity contribution >= 4 is 17.7 Å². The molecule has 0 aromatic carbocycles. The number of anilines is 1. The molecule has 0 saturated heterocycles. The molecule has 0 radical (unpaired) electrons. The number of hydrogen-bond donors (Lipinski definition) is 3. The topological polar surface area (TPSA) is 103 Å². The van der Waals surface area contributed by atoms with Crippen molar-refractivity contribution in [3.63, 3.8) is 0 Å². The number of carbonyl (C=O) groups excluding carboxylic acids is 1. The minimum Gasteiger partial charge on any atom is -0.476 e. The number of carboxylic acid groups (broad SMARTS) is 1. The fourth-order valence-electron chi connectivity index (χ4n) is 2.25. The highest BCUT2D eigenvalue weighted by Gasteiger charge is 2.29. The molecule has 2 amide bonds. The third-order valence-corrected chi connectivity index (χ3v) is 3.59. The lowest BCUT2D eigenvalue weighted by atomic mass is 9.91. The van der Waals surface area contributed by atoms with Gasteiger partial charge in [-0.2, -0.15) is 0 Å². The van der Waals surface area contributed by atoms with Crippen molar-refractivity contribution in [3.8, 4) is 0 Å². The van der Waals surface area contributed by atoms with E-state index < -0.39 is 5.97 Å². The van der Waals surface area contributed by atoms with E-state index in [2.05, 4.69) is 10.3 Å². The number of nitrogens with one attached hydrogen (secondary N) is 1. The van der Waals surface area contributed by atoms with Crippen LogP contribution < -0.4 is 5.32 Å². The Morgan fingerprint density at radius 2 is 2.19 bits per heavy atom. The fraction of sp³-hybridized carbons (Fsp3) is 0.500. The van der Waals surface area contributed by atoms with Crippen LogP contribution in [0.4, 0.5) is 10.5 Å². The van der Waals surface area contributed by atoms with E-state index in [0.29, 0.717) is 13.0 Å². The minimum absolute atomic E-state index is 0.0176. The number of aliphatic hydroxyl groups excluding tert-OH is 1. The summed E-state index contributed by atoms with van der Waals surface area (Å²) in [5, 5.41) is 20.6. The first-order valence-electron chi connectivity index (χ1n) is 7.00. The monoisotopic (exact) mass is 293 g/mol. The van der Waals surface area contributed by atoms with Crippen LogP contribution in [-0.4, -0.2) is 51.3 Å². The predicted molar refractivity (Wildman–Crippen MR) is 76.3 cm³/mol. The van der Waals surface area contributed by atoms with E-state index in [1.165, 1.54) is 12.3 Å². The zero-order valence-corrected chi connectivity index (χ0v) is 11.7. The van der Waals surface area contributed by atoms with Gasteiger partial charge in [0.25, 0.3) is 0 Å². The second-order valence-corrected chi connectivity index (χ2v) is 4.99. The van der Waals surface area contributed by atoms with Crippen molar-refractivity contribution in [2.24, 2.45) is 0 Å². The Morgan fingerprint density at radius 3 is 2.76 bits per heavy atom. The van der Waals surface area contributed by atoms with Crippen molar-refractivity contribution in [1.29, 1.82) is 0 Å². The van der Waals surface area contributed by atoms with Crippen molar-refractivity contribution in [2.45, 2.75) is 31.7 Å². The van der Waals surface area contributed by atoms with Gasteiger partial charge in [-0.05, 0) is 37.8 Å². The molecule has 1 aliphatic carbocycles. The molecule has 7 heteroatoms. The number of amides is 2. The van der Waals surface area contributed by atoms with Gasteiger partial charge in [0.1, 0.15) is 0 Å². The van der Waals surface area contributed by atoms with Gasteiger partial charge in [-0.25, -0.2) is 14.6 Å². The van der Waals surface area contributed by atoms with Gasteiger partial charge in [0.05, 0.1) is 5.69 Å². The molecule has 0 spiro atoms. The summed E-state index contributed by atoms with van der Waals surface area (Å²) in [6.45, 7) is 0.472. The van der Waals surface area contributed by atoms with Crippen LogP contribution in [0.1, 0.15) is 36.2 Å². The first kappa shape index (κ1) is 15.2. The molecule has 2 rings (SSSR count). The summed E-state index contributed by atoms with van der Waals surface area (Å²) in [7, 11) is 0. The third-order valence-electron chi connectivity index (χ3n) is 3.59. The van der Waals surface area contributed by atoms with Crippen LogP contribution in [-0.2, 0) is 0 Å². The number of pyridine rings is 1. The van der Waals surface area contributed by atoms with Gasteiger partial charge in [-0.15, -0.1) is 0 Å². The lowest BCUT2D eigenvalue weighted by Crippen LogP contribution is -2.47. The van der Waals surface area contributed by atoms with Crippen LogP contribution in [0.15, 0.2) is 18.3 Å². The second-order valence-electron chi connectivity index (χ2n) is 4.99. The summed E-state index contributed by atoms with van der Waals surface area (Å²) in [6, 6.07) is 2.91. The fourth-order valence-corrected chi connectivity index (χ4v) is 2.25. The molecule has 1 saturated carbocycles. The average Bonchev–Trinajstić information content (AvgIpc) is 2.41. The molecule has 114 valence electrons. The third kappa shape index (κ3) is 3.69. The predicted octanol–water partition coefficient (Wildman–Crippen LogP) is 1.55. The first-order valence-corrected chi connectivity index (χ1v) is 7.00. The first-order chi connectivity index (χ1) is 10.1. The van der Waals surface area contributed by atoms with Gasteiger partial charge >= 0.3 is 12.0 Å². The van der Waals surface area contributed by atoms with Gasteiger partial charge in [0, 0.05) is 25.4 Å². The highest BCUT2D eigenvalue weighted by molar-refractivity contribution is 5.98. The minimum atomic E-state index is -1.18. The number of aromatic nitrogens is 1. The maximum atomic E-state index is 12.3. The summed E-state index contributed by atoms with van der Waals surface area (Å²) in [6.07, 6.45) is 4.84. The van der Waals surface area contributed by atoms with E-state index in [1.807, 2.05) is 0 Å². The number of hydrogen-bond acceptors (Lipinski definition) is 4. The Morgan fingerprint density at radius 1 is 1.43 bits per heavy atom. The van der Waals surface area contributed by atoms with E-state index in [-0.39, 0.29) is 30.1 Å². The molecule has 0 bridgehead atoms. The lowest BCUT2D eigenvalue weighted by Gasteiger charge is -2.37. The molecule has 0 atom stereocenters. The molecule has 3 N–H and O–H groups in total. The van der Waals surface area contributed by atoms with Gasteiger partial charge in [-0.3, -0.25) is 0 Å². The molecule has 21 heavy (non-hydrogen) atoms.